The summed E-state index contributed by atoms with van der Waals surface area (Å²) in [6, 6.07) is 4.67. The van der Waals surface area contributed by atoms with Gasteiger partial charge in [0.1, 0.15) is 0 Å². The Kier molecular flexibility index (Phi) is 3.88. The number of nitrogen functional groups attached to an aromatic ring is 1. The van der Waals surface area contributed by atoms with Crippen LogP contribution >= 0.6 is 11.3 Å². The molecule has 0 saturated carbocycles. The van der Waals surface area contributed by atoms with Gasteiger partial charge in [-0.2, -0.15) is 0 Å². The first-order valence-corrected chi connectivity index (χ1v) is 8.01. The average molecular weight is 297 g/mol. The molecule has 19 heavy (non-hydrogen) atoms. The molecule has 0 unspecified atom stereocenters. The largest absolute Gasteiger partial charge is 0.399 e. The Balaban J connectivity index is 2.18. The van der Waals surface area contributed by atoms with Crippen molar-refractivity contribution in [1.29, 1.82) is 0 Å². The Morgan fingerprint density at radius 3 is 2.68 bits per heavy atom. The van der Waals surface area contributed by atoms with E-state index in [4.69, 9.17) is 5.73 Å². The molecule has 102 valence electrons. The first-order chi connectivity index (χ1) is 8.90. The van der Waals surface area contributed by atoms with Crippen LogP contribution in [-0.2, 0) is 16.6 Å². The molecule has 5 nitrogen and oxygen atoms in total. The Hall–Kier alpha value is -1.44. The van der Waals surface area contributed by atoms with E-state index in [1.807, 2.05) is 6.92 Å². The fraction of sp³-hybridized carbons (Fsp3) is 0.250. The van der Waals surface area contributed by atoms with E-state index in [0.29, 0.717) is 5.69 Å². The second-order valence-corrected chi connectivity index (χ2v) is 6.91. The van der Waals surface area contributed by atoms with Gasteiger partial charge in [0.25, 0.3) is 0 Å². The van der Waals surface area contributed by atoms with Crippen LogP contribution < -0.4 is 10.5 Å². The summed E-state index contributed by atoms with van der Waals surface area (Å²) in [6.07, 6.45) is 0. The molecule has 0 aliphatic heterocycles. The summed E-state index contributed by atoms with van der Waals surface area (Å²) in [4.78, 5) is 5.22. The lowest BCUT2D eigenvalue weighted by Gasteiger charge is -2.08. The normalized spacial score (nSPS) is 11.7. The number of benzene rings is 1. The molecule has 1 aromatic carbocycles. The van der Waals surface area contributed by atoms with Crippen molar-refractivity contribution >= 4 is 27.0 Å². The van der Waals surface area contributed by atoms with Gasteiger partial charge in [0, 0.05) is 17.1 Å². The lowest BCUT2D eigenvalue weighted by atomic mass is 10.2. The zero-order chi connectivity index (χ0) is 14.0. The van der Waals surface area contributed by atoms with Crippen molar-refractivity contribution in [2.75, 3.05) is 5.73 Å². The Morgan fingerprint density at radius 1 is 1.37 bits per heavy atom. The van der Waals surface area contributed by atoms with Crippen molar-refractivity contribution in [3.63, 3.8) is 0 Å². The Morgan fingerprint density at radius 2 is 2.11 bits per heavy atom. The summed E-state index contributed by atoms with van der Waals surface area (Å²) in [5, 5.41) is 0. The van der Waals surface area contributed by atoms with Crippen LogP contribution in [0, 0.1) is 13.8 Å². The molecule has 0 fully saturated rings. The molecule has 0 bridgehead atoms. The molecule has 2 rings (SSSR count). The van der Waals surface area contributed by atoms with E-state index in [1.54, 1.807) is 24.6 Å². The van der Waals surface area contributed by atoms with Crippen LogP contribution in [-0.4, -0.2) is 13.4 Å². The predicted molar refractivity (Wildman–Crippen MR) is 76.5 cm³/mol. The third-order valence-electron chi connectivity index (χ3n) is 2.82. The number of thiazole rings is 1. The number of anilines is 1. The molecule has 0 aliphatic rings. The second-order valence-electron chi connectivity index (χ2n) is 4.20. The van der Waals surface area contributed by atoms with Gasteiger partial charge in [-0.3, -0.25) is 0 Å². The highest BCUT2D eigenvalue weighted by Gasteiger charge is 2.15. The second kappa shape index (κ2) is 5.28. The fourth-order valence-corrected chi connectivity index (χ4v) is 3.44. The molecule has 0 aliphatic carbocycles. The summed E-state index contributed by atoms with van der Waals surface area (Å²) in [6.45, 7) is 3.89. The van der Waals surface area contributed by atoms with E-state index in [9.17, 15) is 8.42 Å². The smallest absolute Gasteiger partial charge is 0.240 e. The zero-order valence-corrected chi connectivity index (χ0v) is 12.3. The van der Waals surface area contributed by atoms with Gasteiger partial charge in [-0.05, 0) is 37.6 Å². The van der Waals surface area contributed by atoms with Crippen molar-refractivity contribution in [2.45, 2.75) is 25.3 Å². The first-order valence-electron chi connectivity index (χ1n) is 5.65. The van der Waals surface area contributed by atoms with Gasteiger partial charge in [0.05, 0.1) is 16.1 Å². The van der Waals surface area contributed by atoms with E-state index >= 15 is 0 Å². The van der Waals surface area contributed by atoms with Gasteiger partial charge in [-0.25, -0.2) is 18.1 Å². The molecule has 0 radical (unpaired) electrons. The SMILES string of the molecule is Cc1cc(S(=O)(=O)NCc2scnc2C)ccc1N. The van der Waals surface area contributed by atoms with Gasteiger partial charge in [0.2, 0.25) is 10.0 Å². The number of nitrogens with one attached hydrogen (secondary N) is 1. The highest BCUT2D eigenvalue weighted by molar-refractivity contribution is 7.89. The highest BCUT2D eigenvalue weighted by Crippen LogP contribution is 2.18. The number of hydrogen-bond donors (Lipinski definition) is 2. The number of nitrogens with two attached hydrogens (primary N) is 1. The van der Waals surface area contributed by atoms with Crippen molar-refractivity contribution in [2.24, 2.45) is 0 Å². The van der Waals surface area contributed by atoms with E-state index in [2.05, 4.69) is 9.71 Å². The zero-order valence-electron chi connectivity index (χ0n) is 10.7. The van der Waals surface area contributed by atoms with Crippen molar-refractivity contribution < 1.29 is 8.42 Å². The fourth-order valence-electron chi connectivity index (χ4n) is 1.56. The van der Waals surface area contributed by atoms with E-state index < -0.39 is 10.0 Å². The molecule has 3 N–H and O–H groups in total. The predicted octanol–water partition coefficient (Wildman–Crippen LogP) is 1.82. The minimum Gasteiger partial charge on any atom is -0.399 e. The minimum absolute atomic E-state index is 0.223. The van der Waals surface area contributed by atoms with Gasteiger partial charge in [-0.1, -0.05) is 0 Å². The number of rotatable bonds is 4. The molecule has 0 saturated heterocycles. The maximum atomic E-state index is 12.1. The lowest BCUT2D eigenvalue weighted by molar-refractivity contribution is 0.581. The highest BCUT2D eigenvalue weighted by atomic mass is 32.2. The topological polar surface area (TPSA) is 85.1 Å². The van der Waals surface area contributed by atoms with Crippen LogP contribution in [0.2, 0.25) is 0 Å². The molecule has 2 aromatic rings. The minimum atomic E-state index is -3.52. The molecule has 7 heteroatoms. The number of aromatic nitrogens is 1. The maximum Gasteiger partial charge on any atom is 0.240 e. The van der Waals surface area contributed by atoms with Gasteiger partial charge < -0.3 is 5.73 Å². The maximum absolute atomic E-state index is 12.1. The summed E-state index contributed by atoms with van der Waals surface area (Å²) < 4.78 is 26.8. The standard InChI is InChI=1S/C12H15N3O2S2/c1-8-5-10(3-4-11(8)13)19(16,17)15-6-12-9(2)14-7-18-12/h3-5,7,15H,6,13H2,1-2H3. The summed E-state index contributed by atoms with van der Waals surface area (Å²) in [5.74, 6) is 0. The first kappa shape index (κ1) is 14.0. The number of sulfonamides is 1. The third kappa shape index (κ3) is 3.12. The summed E-state index contributed by atoms with van der Waals surface area (Å²) >= 11 is 1.43. The van der Waals surface area contributed by atoms with E-state index in [-0.39, 0.29) is 11.4 Å². The van der Waals surface area contributed by atoms with Crippen molar-refractivity contribution in [3.8, 4) is 0 Å². The molecular weight excluding hydrogens is 282 g/mol. The molecule has 0 amide bonds. The molecule has 0 spiro atoms. The number of nitrogens with zero attached hydrogens (tertiary/aromatic N) is 1. The third-order valence-corrected chi connectivity index (χ3v) is 5.15. The van der Waals surface area contributed by atoms with Crippen LogP contribution in [0.25, 0.3) is 0 Å². The van der Waals surface area contributed by atoms with Crippen LogP contribution in [0.15, 0.2) is 28.6 Å². The molecule has 1 aromatic heterocycles. The van der Waals surface area contributed by atoms with Gasteiger partial charge in [0.15, 0.2) is 0 Å². The Bertz CT molecular complexity index is 693. The van der Waals surface area contributed by atoms with Crippen molar-refractivity contribution in [1.82, 2.24) is 9.71 Å². The molecular formula is C12H15N3O2S2. The van der Waals surface area contributed by atoms with Crippen LogP contribution in [0.5, 0.6) is 0 Å². The molecule has 0 atom stereocenters. The van der Waals surface area contributed by atoms with Crippen LogP contribution in [0.1, 0.15) is 16.1 Å². The van der Waals surface area contributed by atoms with Crippen LogP contribution in [0.4, 0.5) is 5.69 Å². The van der Waals surface area contributed by atoms with Gasteiger partial charge >= 0.3 is 0 Å². The van der Waals surface area contributed by atoms with Crippen molar-refractivity contribution in [3.05, 3.63) is 39.8 Å². The average Bonchev–Trinajstić information content (AvgIpc) is 2.76. The number of hydrogen-bond acceptors (Lipinski definition) is 5. The molecule has 1 heterocycles. The summed E-state index contributed by atoms with van der Waals surface area (Å²) in [5.41, 5.74) is 9.56. The van der Waals surface area contributed by atoms with Gasteiger partial charge in [-0.15, -0.1) is 11.3 Å². The Labute approximate surface area is 116 Å². The van der Waals surface area contributed by atoms with E-state index in [1.165, 1.54) is 17.4 Å². The lowest BCUT2D eigenvalue weighted by Crippen LogP contribution is -2.23. The quantitative estimate of drug-likeness (QED) is 0.843. The van der Waals surface area contributed by atoms with Crippen LogP contribution in [0.3, 0.4) is 0 Å². The number of aryl methyl sites for hydroxylation is 2. The summed E-state index contributed by atoms with van der Waals surface area (Å²) in [7, 11) is -3.52. The van der Waals surface area contributed by atoms with E-state index in [0.717, 1.165) is 16.1 Å². The monoisotopic (exact) mass is 297 g/mol.